The van der Waals surface area contributed by atoms with Crippen molar-refractivity contribution in [3.8, 4) is 5.88 Å². The molecule has 1 aliphatic rings. The van der Waals surface area contributed by atoms with Crippen molar-refractivity contribution in [2.75, 3.05) is 40.0 Å². The average Bonchev–Trinajstić information content (AvgIpc) is 2.72. The van der Waals surface area contributed by atoms with Gasteiger partial charge in [-0.2, -0.15) is 0 Å². The number of nitrogens with one attached hydrogen (secondary N) is 2. The Morgan fingerprint density at radius 3 is 2.76 bits per heavy atom. The van der Waals surface area contributed by atoms with Crippen molar-refractivity contribution in [1.82, 2.24) is 15.6 Å². The predicted molar refractivity (Wildman–Crippen MR) is 127 cm³/mol. The van der Waals surface area contributed by atoms with E-state index in [4.69, 9.17) is 14.2 Å². The first kappa shape index (κ1) is 25.9. The van der Waals surface area contributed by atoms with Gasteiger partial charge in [-0.15, -0.1) is 24.0 Å². The van der Waals surface area contributed by atoms with Gasteiger partial charge in [-0.05, 0) is 50.7 Å². The lowest BCUT2D eigenvalue weighted by molar-refractivity contribution is 0.0698. The first-order chi connectivity index (χ1) is 13.8. The highest BCUT2D eigenvalue weighted by molar-refractivity contribution is 14.0. The van der Waals surface area contributed by atoms with E-state index in [1.807, 2.05) is 12.1 Å². The lowest BCUT2D eigenvalue weighted by Gasteiger charge is -2.22. The standard InChI is InChI=1S/C21H36N4O3.HI/c1-3-22-21(24-11-7-13-27-15-14-26-2)25-17-18-10-12-23-20(16-18)28-19-8-5-4-6-9-19;/h10,12,16,19H,3-9,11,13-15,17H2,1-2H3,(H2,22,24,25);1H. The Hall–Kier alpha value is -1.13. The quantitative estimate of drug-likeness (QED) is 0.190. The molecule has 29 heavy (non-hydrogen) atoms. The van der Waals surface area contributed by atoms with Gasteiger partial charge in [-0.1, -0.05) is 6.42 Å². The van der Waals surface area contributed by atoms with E-state index in [2.05, 4.69) is 27.5 Å². The molecular weight excluding hydrogens is 483 g/mol. The van der Waals surface area contributed by atoms with E-state index in [9.17, 15) is 0 Å². The molecular formula is C21H37IN4O3. The molecule has 1 saturated carbocycles. The maximum absolute atomic E-state index is 6.06. The van der Waals surface area contributed by atoms with Gasteiger partial charge in [0.05, 0.1) is 19.8 Å². The average molecular weight is 520 g/mol. The minimum atomic E-state index is 0. The van der Waals surface area contributed by atoms with Crippen molar-refractivity contribution in [3.05, 3.63) is 23.9 Å². The molecule has 0 spiro atoms. The van der Waals surface area contributed by atoms with Gasteiger partial charge in [0.15, 0.2) is 5.96 Å². The number of rotatable bonds is 12. The van der Waals surface area contributed by atoms with Crippen LogP contribution >= 0.6 is 24.0 Å². The number of aromatic nitrogens is 1. The zero-order valence-electron chi connectivity index (χ0n) is 17.8. The highest BCUT2D eigenvalue weighted by Crippen LogP contribution is 2.22. The molecule has 0 aliphatic heterocycles. The number of hydrogen-bond donors (Lipinski definition) is 2. The summed E-state index contributed by atoms with van der Waals surface area (Å²) in [5.74, 6) is 1.52. The van der Waals surface area contributed by atoms with E-state index < -0.39 is 0 Å². The minimum Gasteiger partial charge on any atom is -0.474 e. The number of nitrogens with zero attached hydrogens (tertiary/aromatic N) is 2. The number of ether oxygens (including phenoxy) is 3. The Bertz CT molecular complexity index is 569. The second-order valence-corrected chi connectivity index (χ2v) is 6.96. The molecule has 0 saturated heterocycles. The van der Waals surface area contributed by atoms with Crippen molar-refractivity contribution < 1.29 is 14.2 Å². The molecule has 0 radical (unpaired) electrons. The van der Waals surface area contributed by atoms with Gasteiger partial charge in [-0.3, -0.25) is 0 Å². The molecule has 166 valence electrons. The van der Waals surface area contributed by atoms with Crippen LogP contribution in [-0.2, 0) is 16.0 Å². The number of halogens is 1. The number of aliphatic imine (C=N–C) groups is 1. The van der Waals surface area contributed by atoms with Crippen molar-refractivity contribution >= 4 is 29.9 Å². The van der Waals surface area contributed by atoms with Crippen molar-refractivity contribution in [3.63, 3.8) is 0 Å². The van der Waals surface area contributed by atoms with Crippen LogP contribution in [-0.4, -0.2) is 57.1 Å². The Morgan fingerprint density at radius 1 is 1.17 bits per heavy atom. The van der Waals surface area contributed by atoms with Gasteiger partial charge >= 0.3 is 0 Å². The van der Waals surface area contributed by atoms with Gasteiger partial charge in [0.2, 0.25) is 5.88 Å². The largest absolute Gasteiger partial charge is 0.474 e. The molecule has 0 amide bonds. The van der Waals surface area contributed by atoms with Crippen LogP contribution in [0, 0.1) is 0 Å². The molecule has 0 atom stereocenters. The second-order valence-electron chi connectivity index (χ2n) is 6.96. The summed E-state index contributed by atoms with van der Waals surface area (Å²) in [6, 6.07) is 4.00. The molecule has 8 heteroatoms. The zero-order valence-corrected chi connectivity index (χ0v) is 20.2. The fourth-order valence-corrected chi connectivity index (χ4v) is 3.10. The number of guanidine groups is 1. The Morgan fingerprint density at radius 2 is 2.00 bits per heavy atom. The van der Waals surface area contributed by atoms with Crippen LogP contribution in [0.5, 0.6) is 5.88 Å². The van der Waals surface area contributed by atoms with Crippen LogP contribution in [0.25, 0.3) is 0 Å². The summed E-state index contributed by atoms with van der Waals surface area (Å²) in [7, 11) is 1.68. The highest BCUT2D eigenvalue weighted by atomic mass is 127. The SMILES string of the molecule is CCNC(=NCc1ccnc(OC2CCCCC2)c1)NCCCOCCOC.I. The summed E-state index contributed by atoms with van der Waals surface area (Å²) >= 11 is 0. The van der Waals surface area contributed by atoms with Crippen molar-refractivity contribution in [2.24, 2.45) is 4.99 Å². The maximum atomic E-state index is 6.06. The normalized spacial score (nSPS) is 14.9. The third kappa shape index (κ3) is 11.6. The lowest BCUT2D eigenvalue weighted by atomic mass is 9.98. The summed E-state index contributed by atoms with van der Waals surface area (Å²) in [5.41, 5.74) is 1.10. The van der Waals surface area contributed by atoms with Crippen molar-refractivity contribution in [1.29, 1.82) is 0 Å². The molecule has 1 aliphatic carbocycles. The summed E-state index contributed by atoms with van der Waals surface area (Å²) in [6.45, 7) is 6.26. The Balaban J connectivity index is 0.00000420. The summed E-state index contributed by atoms with van der Waals surface area (Å²) in [4.78, 5) is 9.03. The van der Waals surface area contributed by atoms with Gasteiger partial charge in [-0.25, -0.2) is 9.98 Å². The van der Waals surface area contributed by atoms with Crippen LogP contribution in [0.15, 0.2) is 23.3 Å². The van der Waals surface area contributed by atoms with Crippen LogP contribution in [0.1, 0.15) is 51.0 Å². The molecule has 1 aromatic rings. The van der Waals surface area contributed by atoms with E-state index in [-0.39, 0.29) is 24.0 Å². The van der Waals surface area contributed by atoms with Crippen molar-refractivity contribution in [2.45, 2.75) is 58.1 Å². The Labute approximate surface area is 192 Å². The zero-order chi connectivity index (χ0) is 19.9. The summed E-state index contributed by atoms with van der Waals surface area (Å²) in [6.07, 6.45) is 9.13. The highest BCUT2D eigenvalue weighted by Gasteiger charge is 2.15. The molecule has 1 fully saturated rings. The van der Waals surface area contributed by atoms with E-state index >= 15 is 0 Å². The molecule has 0 bridgehead atoms. The van der Waals surface area contributed by atoms with E-state index in [1.54, 1.807) is 13.3 Å². The molecule has 7 nitrogen and oxygen atoms in total. The van der Waals surface area contributed by atoms with Crippen LogP contribution < -0.4 is 15.4 Å². The fraction of sp³-hybridized carbons (Fsp3) is 0.714. The van der Waals surface area contributed by atoms with E-state index in [0.29, 0.717) is 38.3 Å². The Kier molecular flexibility index (Phi) is 14.9. The molecule has 0 aromatic carbocycles. The molecule has 2 rings (SSSR count). The first-order valence-electron chi connectivity index (χ1n) is 10.5. The van der Waals surface area contributed by atoms with Gasteiger partial charge in [0.1, 0.15) is 6.10 Å². The van der Waals surface area contributed by atoms with Gasteiger partial charge < -0.3 is 24.8 Å². The first-order valence-corrected chi connectivity index (χ1v) is 10.5. The topological polar surface area (TPSA) is 77.0 Å². The monoisotopic (exact) mass is 520 g/mol. The van der Waals surface area contributed by atoms with E-state index in [1.165, 1.54) is 19.3 Å². The minimum absolute atomic E-state index is 0. The lowest BCUT2D eigenvalue weighted by Crippen LogP contribution is -2.38. The van der Waals surface area contributed by atoms with E-state index in [0.717, 1.165) is 43.9 Å². The number of hydrogen-bond acceptors (Lipinski definition) is 5. The van der Waals surface area contributed by atoms with Gasteiger partial charge in [0, 0.05) is 39.1 Å². The molecule has 1 aromatic heterocycles. The summed E-state index contributed by atoms with van der Waals surface area (Å²) < 4.78 is 16.5. The molecule has 1 heterocycles. The van der Waals surface area contributed by atoms with Crippen LogP contribution in [0.2, 0.25) is 0 Å². The van der Waals surface area contributed by atoms with Crippen LogP contribution in [0.3, 0.4) is 0 Å². The number of pyridine rings is 1. The van der Waals surface area contributed by atoms with Gasteiger partial charge in [0.25, 0.3) is 0 Å². The fourth-order valence-electron chi connectivity index (χ4n) is 3.10. The number of methoxy groups -OCH3 is 1. The smallest absolute Gasteiger partial charge is 0.213 e. The third-order valence-electron chi connectivity index (χ3n) is 4.59. The maximum Gasteiger partial charge on any atom is 0.213 e. The molecule has 0 unspecified atom stereocenters. The second kappa shape index (κ2) is 16.6. The predicted octanol–water partition coefficient (Wildman–Crippen LogP) is 3.52. The third-order valence-corrected chi connectivity index (χ3v) is 4.59. The molecule has 2 N–H and O–H groups in total. The summed E-state index contributed by atoms with van der Waals surface area (Å²) in [5, 5.41) is 6.62. The van der Waals surface area contributed by atoms with Crippen LogP contribution in [0.4, 0.5) is 0 Å².